The number of carbonyl (C=O) groups is 1. The van der Waals surface area contributed by atoms with E-state index < -0.39 is 5.75 Å². The van der Waals surface area contributed by atoms with Gasteiger partial charge in [-0.2, -0.15) is 0 Å². The second-order valence-corrected chi connectivity index (χ2v) is 2.67. The monoisotopic (exact) mass is 181 g/mol. The Morgan fingerprint density at radius 1 is 1.46 bits per heavy atom. The molecule has 0 spiro atoms. The summed E-state index contributed by atoms with van der Waals surface area (Å²) in [6.45, 7) is 1.70. The third-order valence-corrected chi connectivity index (χ3v) is 1.82. The number of carbonyl (C=O) groups excluding carboxylic acids is 1. The number of hydrogen-bond acceptors (Lipinski definition) is 4. The highest BCUT2D eigenvalue weighted by molar-refractivity contribution is 6.02. The van der Waals surface area contributed by atoms with E-state index in [1.165, 1.54) is 12.1 Å². The predicted molar refractivity (Wildman–Crippen MR) is 48.8 cm³/mol. The third-order valence-electron chi connectivity index (χ3n) is 1.82. The molecule has 0 amide bonds. The van der Waals surface area contributed by atoms with Gasteiger partial charge in [-0.25, -0.2) is 0 Å². The number of Topliss-reactive ketones (excluding diaryl/α,β-unsaturated/α-hetero) is 1. The molecule has 4 heteroatoms. The highest BCUT2D eigenvalue weighted by Crippen LogP contribution is 2.33. The third kappa shape index (κ3) is 1.56. The average Bonchev–Trinajstić information content (AvgIpc) is 2.13. The zero-order valence-electron chi connectivity index (χ0n) is 7.24. The Bertz CT molecular complexity index is 347. The molecule has 70 valence electrons. The van der Waals surface area contributed by atoms with Gasteiger partial charge in [0.1, 0.15) is 0 Å². The van der Waals surface area contributed by atoms with Gasteiger partial charge in [0, 0.05) is 12.0 Å². The molecule has 0 unspecified atom stereocenters. The summed E-state index contributed by atoms with van der Waals surface area (Å²) >= 11 is 0. The number of phenols is 2. The van der Waals surface area contributed by atoms with Crippen molar-refractivity contribution in [2.45, 2.75) is 13.3 Å². The number of nitrogen functional groups attached to an aromatic ring is 1. The highest BCUT2D eigenvalue weighted by atomic mass is 16.3. The zero-order chi connectivity index (χ0) is 10.0. The van der Waals surface area contributed by atoms with E-state index >= 15 is 0 Å². The molecule has 13 heavy (non-hydrogen) atoms. The summed E-state index contributed by atoms with van der Waals surface area (Å²) in [6.07, 6.45) is 0.314. The van der Waals surface area contributed by atoms with Crippen LogP contribution in [0.2, 0.25) is 0 Å². The Hall–Kier alpha value is -1.71. The van der Waals surface area contributed by atoms with Gasteiger partial charge in [0.15, 0.2) is 17.3 Å². The molecule has 0 heterocycles. The summed E-state index contributed by atoms with van der Waals surface area (Å²) in [7, 11) is 0. The molecular weight excluding hydrogens is 170 g/mol. The van der Waals surface area contributed by atoms with Crippen LogP contribution in [-0.2, 0) is 0 Å². The van der Waals surface area contributed by atoms with Crippen LogP contribution in [0, 0.1) is 0 Å². The average molecular weight is 181 g/mol. The van der Waals surface area contributed by atoms with E-state index in [4.69, 9.17) is 10.8 Å². The van der Waals surface area contributed by atoms with Crippen molar-refractivity contribution in [3.63, 3.8) is 0 Å². The number of anilines is 1. The molecule has 0 aliphatic heterocycles. The Morgan fingerprint density at radius 3 is 2.62 bits per heavy atom. The van der Waals surface area contributed by atoms with E-state index in [1.807, 2.05) is 0 Å². The second-order valence-electron chi connectivity index (χ2n) is 2.67. The lowest BCUT2D eigenvalue weighted by Crippen LogP contribution is -2.02. The fourth-order valence-corrected chi connectivity index (χ4v) is 1.03. The molecule has 1 aromatic carbocycles. The van der Waals surface area contributed by atoms with Gasteiger partial charge in [0.05, 0.1) is 5.69 Å². The minimum atomic E-state index is -0.431. The Kier molecular flexibility index (Phi) is 2.41. The molecular formula is C9H11NO3. The summed E-state index contributed by atoms with van der Waals surface area (Å²) in [4.78, 5) is 11.2. The summed E-state index contributed by atoms with van der Waals surface area (Å²) in [5, 5.41) is 18.2. The maximum absolute atomic E-state index is 11.2. The quantitative estimate of drug-likeness (QED) is 0.364. The smallest absolute Gasteiger partial charge is 0.181 e. The number of ketones is 1. The number of rotatable bonds is 2. The molecule has 0 aromatic heterocycles. The first-order valence-electron chi connectivity index (χ1n) is 3.91. The lowest BCUT2D eigenvalue weighted by Gasteiger charge is -2.06. The molecule has 0 bridgehead atoms. The van der Waals surface area contributed by atoms with E-state index in [-0.39, 0.29) is 22.8 Å². The van der Waals surface area contributed by atoms with E-state index in [0.29, 0.717) is 6.42 Å². The van der Waals surface area contributed by atoms with Crippen molar-refractivity contribution in [2.75, 3.05) is 5.73 Å². The normalized spacial score (nSPS) is 9.92. The van der Waals surface area contributed by atoms with Crippen LogP contribution in [0.1, 0.15) is 23.7 Å². The second kappa shape index (κ2) is 3.35. The highest BCUT2D eigenvalue weighted by Gasteiger charge is 2.13. The molecule has 0 aliphatic rings. The first-order valence-corrected chi connectivity index (χ1v) is 3.91. The summed E-state index contributed by atoms with van der Waals surface area (Å²) in [5.74, 6) is -0.905. The van der Waals surface area contributed by atoms with Crippen LogP contribution < -0.4 is 5.73 Å². The van der Waals surface area contributed by atoms with Crippen molar-refractivity contribution in [3.8, 4) is 11.5 Å². The first kappa shape index (κ1) is 9.38. The van der Waals surface area contributed by atoms with E-state index in [1.54, 1.807) is 6.92 Å². The number of nitrogens with two attached hydrogens (primary N) is 1. The van der Waals surface area contributed by atoms with Gasteiger partial charge in [0.2, 0.25) is 0 Å². The lowest BCUT2D eigenvalue weighted by atomic mass is 10.1. The summed E-state index contributed by atoms with van der Waals surface area (Å²) in [6, 6.07) is 2.64. The predicted octanol–water partition coefficient (Wildman–Crippen LogP) is 1.27. The topological polar surface area (TPSA) is 83.5 Å². The molecule has 0 radical (unpaired) electrons. The van der Waals surface area contributed by atoms with Crippen LogP contribution in [0.3, 0.4) is 0 Å². The van der Waals surface area contributed by atoms with Crippen LogP contribution in [0.5, 0.6) is 11.5 Å². The van der Waals surface area contributed by atoms with Crippen molar-refractivity contribution >= 4 is 11.5 Å². The zero-order valence-corrected chi connectivity index (χ0v) is 7.24. The van der Waals surface area contributed by atoms with Crippen molar-refractivity contribution < 1.29 is 15.0 Å². The van der Waals surface area contributed by atoms with Gasteiger partial charge >= 0.3 is 0 Å². The molecule has 0 saturated carbocycles. The number of benzene rings is 1. The van der Waals surface area contributed by atoms with Crippen LogP contribution in [0.15, 0.2) is 12.1 Å². The molecule has 0 atom stereocenters. The van der Waals surface area contributed by atoms with Gasteiger partial charge < -0.3 is 15.9 Å². The maximum Gasteiger partial charge on any atom is 0.181 e. The van der Waals surface area contributed by atoms with Gasteiger partial charge in [-0.1, -0.05) is 6.92 Å². The fourth-order valence-electron chi connectivity index (χ4n) is 1.03. The molecule has 4 N–H and O–H groups in total. The van der Waals surface area contributed by atoms with Crippen LogP contribution in [0.4, 0.5) is 5.69 Å². The minimum absolute atomic E-state index is 0.0631. The van der Waals surface area contributed by atoms with Gasteiger partial charge in [-0.3, -0.25) is 4.79 Å². The number of hydrogen-bond donors (Lipinski definition) is 3. The molecule has 0 fully saturated rings. The lowest BCUT2D eigenvalue weighted by molar-refractivity contribution is 0.0988. The standard InChI is InChI=1S/C9H11NO3/c1-2-6(11)5-3-4-7(12)9(13)8(5)10/h3-4,12-13H,2,10H2,1H3. The number of aromatic hydroxyl groups is 2. The summed E-state index contributed by atoms with van der Waals surface area (Å²) < 4.78 is 0. The Balaban J connectivity index is 3.26. The number of phenolic OH excluding ortho intramolecular Hbond substituents is 2. The van der Waals surface area contributed by atoms with Gasteiger partial charge in [-0.15, -0.1) is 0 Å². The Labute approximate surface area is 75.6 Å². The van der Waals surface area contributed by atoms with Crippen LogP contribution in [-0.4, -0.2) is 16.0 Å². The van der Waals surface area contributed by atoms with Crippen LogP contribution in [0.25, 0.3) is 0 Å². The molecule has 1 aromatic rings. The SMILES string of the molecule is CCC(=O)c1ccc(O)c(O)c1N. The van der Waals surface area contributed by atoms with Crippen molar-refractivity contribution in [3.05, 3.63) is 17.7 Å². The van der Waals surface area contributed by atoms with E-state index in [9.17, 15) is 9.90 Å². The van der Waals surface area contributed by atoms with E-state index in [2.05, 4.69) is 0 Å². The first-order chi connectivity index (χ1) is 6.07. The van der Waals surface area contributed by atoms with Crippen molar-refractivity contribution in [1.82, 2.24) is 0 Å². The van der Waals surface area contributed by atoms with Crippen molar-refractivity contribution in [2.24, 2.45) is 0 Å². The molecule has 0 aliphatic carbocycles. The molecule has 1 rings (SSSR count). The van der Waals surface area contributed by atoms with Gasteiger partial charge in [-0.05, 0) is 12.1 Å². The van der Waals surface area contributed by atoms with Gasteiger partial charge in [0.25, 0.3) is 0 Å². The van der Waals surface area contributed by atoms with E-state index in [0.717, 1.165) is 0 Å². The fraction of sp³-hybridized carbons (Fsp3) is 0.222. The summed E-state index contributed by atoms with van der Waals surface area (Å²) in [5.41, 5.74) is 5.61. The molecule has 4 nitrogen and oxygen atoms in total. The van der Waals surface area contributed by atoms with Crippen molar-refractivity contribution in [1.29, 1.82) is 0 Å². The maximum atomic E-state index is 11.2. The van der Waals surface area contributed by atoms with Crippen LogP contribution >= 0.6 is 0 Å². The largest absolute Gasteiger partial charge is 0.504 e. The Morgan fingerprint density at radius 2 is 2.08 bits per heavy atom. The molecule has 0 saturated heterocycles. The minimum Gasteiger partial charge on any atom is -0.504 e.